The van der Waals surface area contributed by atoms with Gasteiger partial charge in [-0.05, 0) is 43.0 Å². The first-order valence-electron chi connectivity index (χ1n) is 6.90. The minimum atomic E-state index is -0.193. The Morgan fingerprint density at radius 3 is 2.57 bits per heavy atom. The highest BCUT2D eigenvalue weighted by atomic mass is 32.1. The zero-order chi connectivity index (χ0) is 15.4. The van der Waals surface area contributed by atoms with Crippen LogP contribution in [0.15, 0.2) is 24.3 Å². The van der Waals surface area contributed by atoms with Crippen LogP contribution in [0.3, 0.4) is 0 Å². The second-order valence-electron chi connectivity index (χ2n) is 5.44. The fourth-order valence-electron chi connectivity index (χ4n) is 2.31. The van der Waals surface area contributed by atoms with Crippen molar-refractivity contribution in [3.8, 4) is 5.75 Å². The summed E-state index contributed by atoms with van der Waals surface area (Å²) in [7, 11) is 1.76. The molecule has 0 radical (unpaired) electrons. The fourth-order valence-corrected chi connectivity index (χ4v) is 2.45. The molecule has 1 amide bonds. The molecule has 0 heterocycles. The summed E-state index contributed by atoms with van der Waals surface area (Å²) in [6, 6.07) is 7.01. The lowest BCUT2D eigenvalue weighted by molar-refractivity contribution is -0.133. The first kappa shape index (κ1) is 15.7. The maximum atomic E-state index is 11.9. The van der Waals surface area contributed by atoms with Gasteiger partial charge in [0.25, 0.3) is 5.91 Å². The van der Waals surface area contributed by atoms with E-state index in [1.165, 1.54) is 0 Å². The Bertz CT molecular complexity index is 512. The number of thiocarbonyl (C=S) groups is 1. The van der Waals surface area contributed by atoms with E-state index in [9.17, 15) is 9.90 Å². The SMILES string of the molecule is CN(CC1CC(O)C1)C(=O)COc1ccc(C(N)=S)cc1. The van der Waals surface area contributed by atoms with E-state index in [1.54, 1.807) is 36.2 Å². The fraction of sp³-hybridized carbons (Fsp3) is 0.467. The van der Waals surface area contributed by atoms with Crippen molar-refractivity contribution < 1.29 is 14.6 Å². The first-order valence-corrected chi connectivity index (χ1v) is 7.31. The van der Waals surface area contributed by atoms with E-state index in [2.05, 4.69) is 0 Å². The van der Waals surface area contributed by atoms with Crippen LogP contribution in [0, 0.1) is 5.92 Å². The molecule has 1 saturated carbocycles. The van der Waals surface area contributed by atoms with Gasteiger partial charge in [-0.3, -0.25) is 4.79 Å². The molecule has 0 saturated heterocycles. The van der Waals surface area contributed by atoms with Crippen molar-refractivity contribution in [3.05, 3.63) is 29.8 Å². The zero-order valence-corrected chi connectivity index (χ0v) is 12.8. The number of nitrogens with zero attached hydrogens (tertiary/aromatic N) is 1. The van der Waals surface area contributed by atoms with Gasteiger partial charge < -0.3 is 20.5 Å². The Kier molecular flexibility index (Phi) is 5.14. The average Bonchev–Trinajstić information content (AvgIpc) is 2.43. The van der Waals surface area contributed by atoms with Crippen LogP contribution in [0.2, 0.25) is 0 Å². The summed E-state index contributed by atoms with van der Waals surface area (Å²) in [6.45, 7) is 0.665. The molecule has 0 atom stereocenters. The summed E-state index contributed by atoms with van der Waals surface area (Å²) in [5.41, 5.74) is 6.28. The molecular weight excluding hydrogens is 288 g/mol. The molecule has 0 bridgehead atoms. The van der Waals surface area contributed by atoms with Crippen molar-refractivity contribution >= 4 is 23.1 Å². The van der Waals surface area contributed by atoms with E-state index in [0.29, 0.717) is 23.2 Å². The molecule has 1 aliphatic carbocycles. The number of nitrogens with two attached hydrogens (primary N) is 1. The van der Waals surface area contributed by atoms with E-state index < -0.39 is 0 Å². The highest BCUT2D eigenvalue weighted by Gasteiger charge is 2.29. The third-order valence-corrected chi connectivity index (χ3v) is 3.91. The molecule has 114 valence electrons. The summed E-state index contributed by atoms with van der Waals surface area (Å²) >= 11 is 4.87. The van der Waals surface area contributed by atoms with Crippen LogP contribution in [-0.2, 0) is 4.79 Å². The topological polar surface area (TPSA) is 75.8 Å². The molecule has 0 aliphatic heterocycles. The number of benzene rings is 1. The maximum absolute atomic E-state index is 11.9. The third-order valence-electron chi connectivity index (χ3n) is 3.67. The summed E-state index contributed by atoms with van der Waals surface area (Å²) in [4.78, 5) is 13.9. The van der Waals surface area contributed by atoms with Gasteiger partial charge in [0.1, 0.15) is 10.7 Å². The molecule has 21 heavy (non-hydrogen) atoms. The highest BCUT2D eigenvalue weighted by molar-refractivity contribution is 7.80. The van der Waals surface area contributed by atoms with Crippen molar-refractivity contribution in [3.63, 3.8) is 0 Å². The number of carbonyl (C=O) groups is 1. The van der Waals surface area contributed by atoms with Crippen LogP contribution in [0.4, 0.5) is 0 Å². The molecule has 5 nitrogen and oxygen atoms in total. The number of aliphatic hydroxyl groups excluding tert-OH is 1. The van der Waals surface area contributed by atoms with Gasteiger partial charge in [-0.2, -0.15) is 0 Å². The smallest absolute Gasteiger partial charge is 0.260 e. The Hall–Kier alpha value is -1.66. The van der Waals surface area contributed by atoms with Crippen molar-refractivity contribution in [2.24, 2.45) is 11.7 Å². The lowest BCUT2D eigenvalue weighted by Gasteiger charge is -2.34. The number of amides is 1. The monoisotopic (exact) mass is 308 g/mol. The van der Waals surface area contributed by atoms with Crippen LogP contribution in [0.1, 0.15) is 18.4 Å². The number of aliphatic hydroxyl groups is 1. The maximum Gasteiger partial charge on any atom is 0.260 e. The number of rotatable bonds is 6. The predicted molar refractivity (Wildman–Crippen MR) is 84.2 cm³/mol. The number of carbonyl (C=O) groups excluding carboxylic acids is 1. The largest absolute Gasteiger partial charge is 0.484 e. The van der Waals surface area contributed by atoms with Crippen LogP contribution < -0.4 is 10.5 Å². The Morgan fingerprint density at radius 2 is 2.05 bits per heavy atom. The molecule has 1 aromatic rings. The second kappa shape index (κ2) is 6.87. The third kappa shape index (κ3) is 4.41. The average molecular weight is 308 g/mol. The van der Waals surface area contributed by atoms with Gasteiger partial charge in [0, 0.05) is 19.2 Å². The van der Waals surface area contributed by atoms with Crippen molar-refractivity contribution in [1.29, 1.82) is 0 Å². The molecule has 1 aromatic carbocycles. The van der Waals surface area contributed by atoms with Gasteiger partial charge in [0.15, 0.2) is 6.61 Å². The molecule has 1 fully saturated rings. The first-order chi connectivity index (χ1) is 9.95. The molecule has 3 N–H and O–H groups in total. The second-order valence-corrected chi connectivity index (χ2v) is 5.88. The molecule has 1 aliphatic rings. The normalized spacial score (nSPS) is 20.5. The van der Waals surface area contributed by atoms with Gasteiger partial charge >= 0.3 is 0 Å². The van der Waals surface area contributed by atoms with Crippen LogP contribution in [-0.4, -0.2) is 47.2 Å². The number of hydrogen-bond donors (Lipinski definition) is 2. The Balaban J connectivity index is 1.76. The molecular formula is C15H20N2O3S. The van der Waals surface area contributed by atoms with Gasteiger partial charge in [-0.15, -0.1) is 0 Å². The Labute approximate surface area is 129 Å². The summed E-state index contributed by atoms with van der Waals surface area (Å²) in [5, 5.41) is 9.24. The van der Waals surface area contributed by atoms with E-state index in [4.69, 9.17) is 22.7 Å². The van der Waals surface area contributed by atoms with Crippen molar-refractivity contribution in [2.75, 3.05) is 20.2 Å². The summed E-state index contributed by atoms with van der Waals surface area (Å²) in [5.74, 6) is 0.935. The molecule has 6 heteroatoms. The lowest BCUT2D eigenvalue weighted by atomic mass is 9.82. The number of likely N-dealkylation sites (N-methyl/N-ethyl adjacent to an activating group) is 1. The van der Waals surface area contributed by atoms with Crippen molar-refractivity contribution in [2.45, 2.75) is 18.9 Å². The molecule has 0 unspecified atom stereocenters. The summed E-state index contributed by atoms with van der Waals surface area (Å²) in [6.07, 6.45) is 1.36. The highest BCUT2D eigenvalue weighted by Crippen LogP contribution is 2.27. The van der Waals surface area contributed by atoms with E-state index >= 15 is 0 Å². The van der Waals surface area contributed by atoms with E-state index in [0.717, 1.165) is 18.4 Å². The predicted octanol–water partition coefficient (Wildman–Crippen LogP) is 0.929. The van der Waals surface area contributed by atoms with E-state index in [-0.39, 0.29) is 18.6 Å². The molecule has 2 rings (SSSR count). The standard InChI is InChI=1S/C15H20N2O3S/c1-17(8-10-6-12(18)7-10)14(19)9-20-13-4-2-11(3-5-13)15(16)21/h2-5,10,12,18H,6-9H2,1H3,(H2,16,21). The zero-order valence-electron chi connectivity index (χ0n) is 12.0. The van der Waals surface area contributed by atoms with Gasteiger partial charge in [0.2, 0.25) is 0 Å². The van der Waals surface area contributed by atoms with Gasteiger partial charge in [-0.1, -0.05) is 12.2 Å². The van der Waals surface area contributed by atoms with E-state index in [1.807, 2.05) is 0 Å². The van der Waals surface area contributed by atoms with Gasteiger partial charge in [0.05, 0.1) is 6.10 Å². The Morgan fingerprint density at radius 1 is 1.43 bits per heavy atom. The lowest BCUT2D eigenvalue weighted by Crippen LogP contribution is -2.41. The quantitative estimate of drug-likeness (QED) is 0.765. The number of hydrogen-bond acceptors (Lipinski definition) is 4. The number of ether oxygens (including phenoxy) is 1. The molecule has 0 aromatic heterocycles. The van der Waals surface area contributed by atoms with Crippen molar-refractivity contribution in [1.82, 2.24) is 4.90 Å². The molecule has 0 spiro atoms. The minimum absolute atomic E-state index is 0.00179. The minimum Gasteiger partial charge on any atom is -0.484 e. The van der Waals surface area contributed by atoms with Crippen LogP contribution >= 0.6 is 12.2 Å². The van der Waals surface area contributed by atoms with Gasteiger partial charge in [-0.25, -0.2) is 0 Å². The van der Waals surface area contributed by atoms with Crippen LogP contribution in [0.5, 0.6) is 5.75 Å². The summed E-state index contributed by atoms with van der Waals surface area (Å²) < 4.78 is 5.45. The van der Waals surface area contributed by atoms with Crippen LogP contribution in [0.25, 0.3) is 0 Å².